The fraction of sp³-hybridized carbons (Fsp3) is 0.300. The molecule has 1 fully saturated rings. The smallest absolute Gasteiger partial charge is 0.313 e. The number of hydrogen-bond donors (Lipinski definition) is 2. The van der Waals surface area contributed by atoms with E-state index in [0.717, 1.165) is 28.6 Å². The van der Waals surface area contributed by atoms with Gasteiger partial charge in [0.1, 0.15) is 0 Å². The molecule has 2 aromatic rings. The topological polar surface area (TPSA) is 49.8 Å². The molecule has 15 heavy (non-hydrogen) atoms. The van der Waals surface area contributed by atoms with Crippen molar-refractivity contribution in [3.63, 3.8) is 0 Å². The summed E-state index contributed by atoms with van der Waals surface area (Å²) in [5.74, 6) is 0. The third-order valence-corrected chi connectivity index (χ3v) is 3.49. The minimum absolute atomic E-state index is 0.0246. The first-order valence-electron chi connectivity index (χ1n) is 4.87. The lowest BCUT2D eigenvalue weighted by atomic mass is 10.1. The van der Waals surface area contributed by atoms with Gasteiger partial charge in [-0.25, -0.2) is 4.79 Å². The molecule has 1 aromatic carbocycles. The second-order valence-corrected chi connectivity index (χ2v) is 4.60. The van der Waals surface area contributed by atoms with Gasteiger partial charge in [-0.15, -0.1) is 0 Å². The van der Waals surface area contributed by atoms with Crippen LogP contribution in [0.25, 0.3) is 11.0 Å². The number of halogens is 1. The lowest BCUT2D eigenvalue weighted by Gasteiger charge is -2.28. The molecule has 0 atom stereocenters. The maximum atomic E-state index is 11.8. The van der Waals surface area contributed by atoms with Crippen LogP contribution in [0.3, 0.4) is 0 Å². The summed E-state index contributed by atoms with van der Waals surface area (Å²) < 4.78 is 2.76. The van der Waals surface area contributed by atoms with E-state index in [4.69, 9.17) is 0 Å². The molecule has 2 heterocycles. The molecule has 0 aliphatic carbocycles. The molecular weight excluding hydrogens is 258 g/mol. The largest absolute Gasteiger partial charge is 0.326 e. The third kappa shape index (κ3) is 1.27. The number of H-pyrrole nitrogens is 1. The Kier molecular flexibility index (Phi) is 1.97. The van der Waals surface area contributed by atoms with Crippen LogP contribution in [-0.2, 0) is 0 Å². The average Bonchev–Trinajstić information content (AvgIpc) is 2.44. The van der Waals surface area contributed by atoms with E-state index in [-0.39, 0.29) is 5.69 Å². The van der Waals surface area contributed by atoms with E-state index in [0.29, 0.717) is 6.04 Å². The Labute approximate surface area is 94.4 Å². The van der Waals surface area contributed by atoms with E-state index in [1.54, 1.807) is 0 Å². The first-order chi connectivity index (χ1) is 7.27. The van der Waals surface area contributed by atoms with Crippen LogP contribution in [-0.4, -0.2) is 22.6 Å². The number of para-hydroxylation sites is 1. The minimum atomic E-state index is -0.0246. The lowest BCUT2D eigenvalue weighted by Crippen LogP contribution is -2.46. The van der Waals surface area contributed by atoms with Crippen LogP contribution in [0.5, 0.6) is 0 Å². The summed E-state index contributed by atoms with van der Waals surface area (Å²) in [5, 5.41) is 3.17. The van der Waals surface area contributed by atoms with Gasteiger partial charge in [-0.1, -0.05) is 6.07 Å². The van der Waals surface area contributed by atoms with Crippen LogP contribution in [0.1, 0.15) is 6.04 Å². The maximum Gasteiger partial charge on any atom is 0.326 e. The van der Waals surface area contributed by atoms with Crippen LogP contribution in [0.2, 0.25) is 0 Å². The molecule has 0 bridgehead atoms. The van der Waals surface area contributed by atoms with E-state index in [1.165, 1.54) is 0 Å². The Hall–Kier alpha value is -1.07. The molecule has 1 aliphatic rings. The summed E-state index contributed by atoms with van der Waals surface area (Å²) >= 11 is 3.43. The number of hydrogen-bond acceptors (Lipinski definition) is 2. The highest BCUT2D eigenvalue weighted by atomic mass is 79.9. The summed E-state index contributed by atoms with van der Waals surface area (Å²) in [6.07, 6.45) is 0. The monoisotopic (exact) mass is 267 g/mol. The Morgan fingerprint density at radius 3 is 2.87 bits per heavy atom. The number of nitrogens with one attached hydrogen (secondary N) is 2. The van der Waals surface area contributed by atoms with Crippen molar-refractivity contribution in [3.05, 3.63) is 33.2 Å². The van der Waals surface area contributed by atoms with Crippen molar-refractivity contribution in [3.8, 4) is 0 Å². The van der Waals surface area contributed by atoms with Gasteiger partial charge in [0, 0.05) is 17.6 Å². The van der Waals surface area contributed by atoms with Crippen LogP contribution in [0.15, 0.2) is 27.5 Å². The van der Waals surface area contributed by atoms with Crippen LogP contribution < -0.4 is 11.0 Å². The second kappa shape index (κ2) is 3.21. The molecule has 0 spiro atoms. The van der Waals surface area contributed by atoms with Gasteiger partial charge in [-0.2, -0.15) is 0 Å². The average molecular weight is 268 g/mol. The number of benzene rings is 1. The highest BCUT2D eigenvalue weighted by Gasteiger charge is 2.23. The zero-order chi connectivity index (χ0) is 10.4. The van der Waals surface area contributed by atoms with Crippen LogP contribution >= 0.6 is 15.9 Å². The normalized spacial score (nSPS) is 16.9. The van der Waals surface area contributed by atoms with Crippen LogP contribution in [0, 0.1) is 0 Å². The highest BCUT2D eigenvalue weighted by molar-refractivity contribution is 9.10. The summed E-state index contributed by atoms with van der Waals surface area (Å²) in [7, 11) is 0. The molecule has 3 rings (SSSR count). The van der Waals surface area contributed by atoms with Crippen LogP contribution in [0.4, 0.5) is 0 Å². The Balaban J connectivity index is 2.32. The minimum Gasteiger partial charge on any atom is -0.313 e. The van der Waals surface area contributed by atoms with Gasteiger partial charge in [-0.3, -0.25) is 4.57 Å². The summed E-state index contributed by atoms with van der Waals surface area (Å²) in [5.41, 5.74) is 1.83. The number of fused-ring (bicyclic) bond motifs is 1. The van der Waals surface area contributed by atoms with Gasteiger partial charge < -0.3 is 10.3 Å². The van der Waals surface area contributed by atoms with Crippen molar-refractivity contribution in [2.24, 2.45) is 0 Å². The first-order valence-corrected chi connectivity index (χ1v) is 5.66. The molecule has 0 saturated carbocycles. The van der Waals surface area contributed by atoms with E-state index < -0.39 is 0 Å². The van der Waals surface area contributed by atoms with Gasteiger partial charge in [0.15, 0.2) is 0 Å². The molecule has 78 valence electrons. The number of aromatic amines is 1. The predicted molar refractivity (Wildman–Crippen MR) is 62.2 cm³/mol. The number of nitrogens with zero attached hydrogens (tertiary/aromatic N) is 1. The van der Waals surface area contributed by atoms with Gasteiger partial charge in [0.25, 0.3) is 0 Å². The molecule has 0 unspecified atom stereocenters. The SMILES string of the molecule is O=c1[nH]c2c(Br)cccc2n1C1CNC1. The molecule has 1 aromatic heterocycles. The molecular formula is C10H10BrN3O. The lowest BCUT2D eigenvalue weighted by molar-refractivity contribution is 0.344. The third-order valence-electron chi connectivity index (χ3n) is 2.83. The van der Waals surface area contributed by atoms with Crippen molar-refractivity contribution >= 4 is 27.0 Å². The van der Waals surface area contributed by atoms with E-state index in [9.17, 15) is 4.79 Å². The first kappa shape index (κ1) is 9.18. The summed E-state index contributed by atoms with van der Waals surface area (Å²) in [6.45, 7) is 1.75. The quantitative estimate of drug-likeness (QED) is 0.817. The molecule has 4 nitrogen and oxygen atoms in total. The van der Waals surface area contributed by atoms with Gasteiger partial charge in [-0.05, 0) is 28.1 Å². The molecule has 1 saturated heterocycles. The number of aromatic nitrogens is 2. The van der Waals surface area contributed by atoms with Gasteiger partial charge in [0.05, 0.1) is 17.1 Å². The van der Waals surface area contributed by atoms with E-state index in [1.807, 2.05) is 22.8 Å². The predicted octanol–water partition coefficient (Wildman–Crippen LogP) is 1.24. The zero-order valence-electron chi connectivity index (χ0n) is 7.96. The van der Waals surface area contributed by atoms with Gasteiger partial charge >= 0.3 is 5.69 Å². The fourth-order valence-corrected chi connectivity index (χ4v) is 2.39. The summed E-state index contributed by atoms with van der Waals surface area (Å²) in [6, 6.07) is 6.14. The van der Waals surface area contributed by atoms with Crippen molar-refractivity contribution < 1.29 is 0 Å². The fourth-order valence-electron chi connectivity index (χ4n) is 1.93. The Bertz CT molecular complexity index is 568. The maximum absolute atomic E-state index is 11.8. The number of imidazole rings is 1. The Morgan fingerprint density at radius 1 is 1.40 bits per heavy atom. The zero-order valence-corrected chi connectivity index (χ0v) is 9.54. The van der Waals surface area contributed by atoms with Crippen molar-refractivity contribution in [1.82, 2.24) is 14.9 Å². The number of rotatable bonds is 1. The van der Waals surface area contributed by atoms with E-state index >= 15 is 0 Å². The molecule has 1 aliphatic heterocycles. The van der Waals surface area contributed by atoms with Crippen molar-refractivity contribution in [1.29, 1.82) is 0 Å². The summed E-state index contributed by atoms with van der Waals surface area (Å²) in [4.78, 5) is 14.7. The second-order valence-electron chi connectivity index (χ2n) is 3.75. The molecule has 0 radical (unpaired) electrons. The van der Waals surface area contributed by atoms with Gasteiger partial charge in [0.2, 0.25) is 0 Å². The van der Waals surface area contributed by atoms with Crippen molar-refractivity contribution in [2.75, 3.05) is 13.1 Å². The molecule has 0 amide bonds. The molecule has 2 N–H and O–H groups in total. The standard InChI is InChI=1S/C10H10BrN3O/c11-7-2-1-3-8-9(7)13-10(15)14(8)6-4-12-5-6/h1-3,6,12H,4-5H2,(H,13,15). The Morgan fingerprint density at radius 2 is 2.20 bits per heavy atom. The van der Waals surface area contributed by atoms with Crippen molar-refractivity contribution in [2.45, 2.75) is 6.04 Å². The van der Waals surface area contributed by atoms with E-state index in [2.05, 4.69) is 26.2 Å². The molecule has 5 heteroatoms. The highest BCUT2D eigenvalue weighted by Crippen LogP contribution is 2.23.